The number of rotatable bonds is 8. The Morgan fingerprint density at radius 3 is 2.48 bits per heavy atom. The molecule has 1 heterocycles. The molecular weight excluding hydrogens is 376 g/mol. The van der Waals surface area contributed by atoms with E-state index in [4.69, 9.17) is 4.74 Å². The molecule has 0 aromatic heterocycles. The third kappa shape index (κ3) is 4.67. The van der Waals surface area contributed by atoms with Gasteiger partial charge in [0, 0.05) is 26.3 Å². The van der Waals surface area contributed by atoms with E-state index in [1.54, 1.807) is 6.92 Å². The maximum Gasteiger partial charge on any atom is 0.326 e. The average molecular weight is 402 g/mol. The Morgan fingerprint density at radius 2 is 1.90 bits per heavy atom. The molecule has 29 heavy (non-hydrogen) atoms. The third-order valence-corrected chi connectivity index (χ3v) is 5.29. The summed E-state index contributed by atoms with van der Waals surface area (Å²) in [7, 11) is 3.88. The first-order valence-electron chi connectivity index (χ1n) is 9.53. The van der Waals surface area contributed by atoms with Crippen molar-refractivity contribution >= 4 is 29.5 Å². The summed E-state index contributed by atoms with van der Waals surface area (Å²) in [4.78, 5) is 51.2. The molecule has 1 saturated heterocycles. The van der Waals surface area contributed by atoms with Gasteiger partial charge in [-0.15, -0.1) is 0 Å². The highest BCUT2D eigenvalue weighted by molar-refractivity contribution is 6.08. The van der Waals surface area contributed by atoms with Gasteiger partial charge in [-0.25, -0.2) is 4.79 Å². The van der Waals surface area contributed by atoms with E-state index in [0.717, 1.165) is 29.0 Å². The molecule has 0 bridgehead atoms. The first-order chi connectivity index (χ1) is 13.7. The minimum absolute atomic E-state index is 0.109. The SMILES string of the molecule is CN(C)c1ccc(CNC(=O)COC(=O)CN2C(=O)N[C@@](C)(C3CC3)C2=O)cc1. The van der Waals surface area contributed by atoms with Crippen molar-refractivity contribution < 1.29 is 23.9 Å². The summed E-state index contributed by atoms with van der Waals surface area (Å²) >= 11 is 0. The number of hydrogen-bond acceptors (Lipinski definition) is 6. The molecule has 1 aromatic carbocycles. The van der Waals surface area contributed by atoms with Gasteiger partial charge in [-0.2, -0.15) is 0 Å². The Bertz CT molecular complexity index is 819. The lowest BCUT2D eigenvalue weighted by Gasteiger charge is -2.20. The van der Waals surface area contributed by atoms with Gasteiger partial charge in [-0.3, -0.25) is 19.3 Å². The molecule has 2 fully saturated rings. The van der Waals surface area contributed by atoms with Crippen LogP contribution in [0.15, 0.2) is 24.3 Å². The topological polar surface area (TPSA) is 108 Å². The second-order valence-corrected chi connectivity index (χ2v) is 7.80. The molecule has 0 unspecified atom stereocenters. The maximum atomic E-state index is 12.5. The number of carbonyl (C=O) groups is 4. The quantitative estimate of drug-likeness (QED) is 0.488. The second kappa shape index (κ2) is 8.10. The molecule has 4 amide bonds. The van der Waals surface area contributed by atoms with Crippen molar-refractivity contribution in [2.75, 3.05) is 32.1 Å². The summed E-state index contributed by atoms with van der Waals surface area (Å²) in [5, 5.41) is 5.32. The number of esters is 1. The van der Waals surface area contributed by atoms with Gasteiger partial charge in [0.25, 0.3) is 11.8 Å². The van der Waals surface area contributed by atoms with Crippen LogP contribution >= 0.6 is 0 Å². The van der Waals surface area contributed by atoms with Gasteiger partial charge in [0.1, 0.15) is 12.1 Å². The Balaban J connectivity index is 1.41. The van der Waals surface area contributed by atoms with Crippen molar-refractivity contribution in [1.82, 2.24) is 15.5 Å². The van der Waals surface area contributed by atoms with Crippen molar-refractivity contribution in [2.24, 2.45) is 5.92 Å². The van der Waals surface area contributed by atoms with Crippen molar-refractivity contribution in [2.45, 2.75) is 31.8 Å². The predicted octanol–water partition coefficient (Wildman–Crippen LogP) is 0.633. The first kappa shape index (κ1) is 20.6. The summed E-state index contributed by atoms with van der Waals surface area (Å²) in [6, 6.07) is 7.07. The van der Waals surface area contributed by atoms with Crippen LogP contribution in [0.5, 0.6) is 0 Å². The number of benzene rings is 1. The fraction of sp³-hybridized carbons (Fsp3) is 0.500. The van der Waals surface area contributed by atoms with E-state index in [1.807, 2.05) is 43.3 Å². The summed E-state index contributed by atoms with van der Waals surface area (Å²) in [5.41, 5.74) is 1.01. The molecule has 2 aliphatic rings. The third-order valence-electron chi connectivity index (χ3n) is 5.29. The van der Waals surface area contributed by atoms with Crippen molar-refractivity contribution in [3.63, 3.8) is 0 Å². The smallest absolute Gasteiger partial charge is 0.326 e. The number of anilines is 1. The number of hydrogen-bond donors (Lipinski definition) is 2. The van der Waals surface area contributed by atoms with Crippen LogP contribution < -0.4 is 15.5 Å². The van der Waals surface area contributed by atoms with Crippen LogP contribution in [-0.4, -0.2) is 61.5 Å². The van der Waals surface area contributed by atoms with Gasteiger partial charge >= 0.3 is 12.0 Å². The van der Waals surface area contributed by atoms with Gasteiger partial charge in [0.05, 0.1) is 0 Å². The number of nitrogens with one attached hydrogen (secondary N) is 2. The highest BCUT2D eigenvalue weighted by Gasteiger charge is 2.56. The zero-order chi connectivity index (χ0) is 21.2. The first-order valence-corrected chi connectivity index (χ1v) is 9.53. The number of urea groups is 1. The van der Waals surface area contributed by atoms with Crippen molar-refractivity contribution in [3.05, 3.63) is 29.8 Å². The molecule has 2 N–H and O–H groups in total. The molecular formula is C20H26N4O5. The maximum absolute atomic E-state index is 12.5. The highest BCUT2D eigenvalue weighted by Crippen LogP contribution is 2.42. The fourth-order valence-electron chi connectivity index (χ4n) is 3.28. The van der Waals surface area contributed by atoms with Crippen LogP contribution in [0.4, 0.5) is 10.5 Å². The van der Waals surface area contributed by atoms with E-state index in [1.165, 1.54) is 0 Å². The average Bonchev–Trinajstić information content (AvgIpc) is 3.51. The lowest BCUT2D eigenvalue weighted by molar-refractivity contribution is -0.151. The normalized spacial score (nSPS) is 21.0. The van der Waals surface area contributed by atoms with E-state index in [0.29, 0.717) is 6.54 Å². The largest absolute Gasteiger partial charge is 0.454 e. The predicted molar refractivity (Wildman–Crippen MR) is 105 cm³/mol. The molecule has 1 aromatic rings. The van der Waals surface area contributed by atoms with Crippen molar-refractivity contribution in [3.8, 4) is 0 Å². The lowest BCUT2D eigenvalue weighted by atomic mass is 9.96. The number of carbonyl (C=O) groups excluding carboxylic acids is 4. The zero-order valence-electron chi connectivity index (χ0n) is 16.9. The second-order valence-electron chi connectivity index (χ2n) is 7.80. The van der Waals surface area contributed by atoms with Gasteiger partial charge in [-0.1, -0.05) is 12.1 Å². The van der Waals surface area contributed by atoms with Crippen LogP contribution in [0, 0.1) is 5.92 Å². The molecule has 1 aliphatic carbocycles. The fourth-order valence-corrected chi connectivity index (χ4v) is 3.28. The van der Waals surface area contributed by atoms with Crippen LogP contribution in [0.2, 0.25) is 0 Å². The van der Waals surface area contributed by atoms with Gasteiger partial charge in [-0.05, 0) is 43.4 Å². The number of ether oxygens (including phenoxy) is 1. The number of amides is 4. The number of imide groups is 1. The summed E-state index contributed by atoms with van der Waals surface area (Å²) in [5.74, 6) is -1.58. The van der Waals surface area contributed by atoms with Crippen LogP contribution in [0.3, 0.4) is 0 Å². The zero-order valence-corrected chi connectivity index (χ0v) is 16.9. The van der Waals surface area contributed by atoms with Crippen molar-refractivity contribution in [1.29, 1.82) is 0 Å². The Kier molecular flexibility index (Phi) is 5.76. The minimum atomic E-state index is -0.948. The molecule has 1 aliphatic heterocycles. The summed E-state index contributed by atoms with van der Waals surface area (Å²) < 4.78 is 4.91. The minimum Gasteiger partial charge on any atom is -0.454 e. The molecule has 156 valence electrons. The van der Waals surface area contributed by atoms with Gasteiger partial charge in [0.2, 0.25) is 0 Å². The van der Waals surface area contributed by atoms with E-state index < -0.39 is 42.5 Å². The molecule has 3 rings (SSSR count). The highest BCUT2D eigenvalue weighted by atomic mass is 16.5. The Morgan fingerprint density at radius 1 is 1.24 bits per heavy atom. The van der Waals surface area contributed by atoms with E-state index in [9.17, 15) is 19.2 Å². The molecule has 9 nitrogen and oxygen atoms in total. The Labute approximate surface area is 169 Å². The van der Waals surface area contributed by atoms with Gasteiger partial charge in [0.15, 0.2) is 6.61 Å². The monoisotopic (exact) mass is 402 g/mol. The number of nitrogens with zero attached hydrogens (tertiary/aromatic N) is 2. The van der Waals surface area contributed by atoms with Crippen LogP contribution in [0.25, 0.3) is 0 Å². The van der Waals surface area contributed by atoms with Crippen LogP contribution in [0.1, 0.15) is 25.3 Å². The molecule has 9 heteroatoms. The Hall–Kier alpha value is -3.10. The molecule has 1 atom stereocenters. The molecule has 0 spiro atoms. The summed E-state index contributed by atoms with van der Waals surface area (Å²) in [6.07, 6.45) is 1.75. The lowest BCUT2D eigenvalue weighted by Crippen LogP contribution is -2.46. The molecule has 0 radical (unpaired) electrons. The summed E-state index contributed by atoms with van der Waals surface area (Å²) in [6.45, 7) is 0.996. The molecule has 1 saturated carbocycles. The van der Waals surface area contributed by atoms with Crippen LogP contribution in [-0.2, 0) is 25.7 Å². The van der Waals surface area contributed by atoms with E-state index in [2.05, 4.69) is 10.6 Å². The van der Waals surface area contributed by atoms with E-state index >= 15 is 0 Å². The van der Waals surface area contributed by atoms with E-state index in [-0.39, 0.29) is 5.92 Å². The van der Waals surface area contributed by atoms with Gasteiger partial charge < -0.3 is 20.3 Å². The standard InChI is InChI=1S/C20H26N4O5/c1-20(14-6-7-14)18(27)24(19(28)22-20)11-17(26)29-12-16(25)21-10-13-4-8-15(9-5-13)23(2)3/h4-5,8-9,14H,6-7,10-12H2,1-3H3,(H,21,25)(H,22,28)/t20-/m0/s1.